The molecule has 2 unspecified atom stereocenters. The molecule has 0 bridgehead atoms. The SMILES string of the molecule is NC[C@@H]1c2c(sc3ccccc23)CCC2CC21. The van der Waals surface area contributed by atoms with Crippen molar-refractivity contribution in [2.45, 2.75) is 25.2 Å². The van der Waals surface area contributed by atoms with Gasteiger partial charge < -0.3 is 5.73 Å². The van der Waals surface area contributed by atoms with E-state index >= 15 is 0 Å². The van der Waals surface area contributed by atoms with Crippen molar-refractivity contribution in [3.63, 3.8) is 0 Å². The number of thiophene rings is 1. The van der Waals surface area contributed by atoms with Gasteiger partial charge in [0.25, 0.3) is 0 Å². The zero-order valence-electron chi connectivity index (χ0n) is 9.86. The van der Waals surface area contributed by atoms with Crippen molar-refractivity contribution in [1.82, 2.24) is 0 Å². The highest BCUT2D eigenvalue weighted by Crippen LogP contribution is 2.56. The normalized spacial score (nSPS) is 30.8. The Labute approximate surface area is 106 Å². The van der Waals surface area contributed by atoms with Crippen LogP contribution in [0.2, 0.25) is 0 Å². The largest absolute Gasteiger partial charge is 0.330 e. The van der Waals surface area contributed by atoms with E-state index in [1.165, 1.54) is 29.3 Å². The van der Waals surface area contributed by atoms with E-state index in [-0.39, 0.29) is 0 Å². The molecule has 2 heteroatoms. The third kappa shape index (κ3) is 1.40. The summed E-state index contributed by atoms with van der Waals surface area (Å²) in [6.07, 6.45) is 4.10. The molecule has 2 aromatic rings. The summed E-state index contributed by atoms with van der Waals surface area (Å²) in [5.74, 6) is 2.50. The van der Waals surface area contributed by atoms with E-state index in [9.17, 15) is 0 Å². The molecule has 1 saturated carbocycles. The second kappa shape index (κ2) is 3.56. The first-order valence-electron chi connectivity index (χ1n) is 6.59. The molecule has 17 heavy (non-hydrogen) atoms. The van der Waals surface area contributed by atoms with Gasteiger partial charge in [-0.15, -0.1) is 11.3 Å². The Morgan fingerprint density at radius 1 is 1.29 bits per heavy atom. The molecular weight excluding hydrogens is 226 g/mol. The van der Waals surface area contributed by atoms with E-state index in [2.05, 4.69) is 24.3 Å². The lowest BCUT2D eigenvalue weighted by Crippen LogP contribution is -2.15. The number of aryl methyl sites for hydroxylation is 1. The Morgan fingerprint density at radius 3 is 3.06 bits per heavy atom. The molecule has 0 amide bonds. The highest BCUT2D eigenvalue weighted by Gasteiger charge is 2.45. The van der Waals surface area contributed by atoms with Gasteiger partial charge in [0.05, 0.1) is 0 Å². The number of benzene rings is 1. The average Bonchev–Trinajstić information content (AvgIpc) is 3.04. The second-order valence-electron chi connectivity index (χ2n) is 5.48. The minimum Gasteiger partial charge on any atom is -0.330 e. The molecule has 1 aromatic heterocycles. The van der Waals surface area contributed by atoms with Crippen LogP contribution in [0.25, 0.3) is 10.1 Å². The monoisotopic (exact) mass is 243 g/mol. The Kier molecular flexibility index (Phi) is 2.12. The zero-order valence-corrected chi connectivity index (χ0v) is 10.7. The minimum absolute atomic E-state index is 0.633. The lowest BCUT2D eigenvalue weighted by atomic mass is 9.92. The van der Waals surface area contributed by atoms with Gasteiger partial charge in [-0.2, -0.15) is 0 Å². The minimum atomic E-state index is 0.633. The number of hydrogen-bond donors (Lipinski definition) is 1. The summed E-state index contributed by atoms with van der Waals surface area (Å²) in [6.45, 7) is 0.828. The van der Waals surface area contributed by atoms with E-state index in [0.29, 0.717) is 5.92 Å². The standard InChI is InChI=1S/C15H17NS/c16-8-12-11-7-9(11)5-6-14-15(12)10-3-1-2-4-13(10)17-14/h1-4,9,11-12H,5-8,16H2/t9?,11?,12-/m0/s1. The van der Waals surface area contributed by atoms with Crippen LogP contribution in [0.1, 0.15) is 29.2 Å². The van der Waals surface area contributed by atoms with Crippen LogP contribution in [0.5, 0.6) is 0 Å². The highest BCUT2D eigenvalue weighted by atomic mass is 32.1. The maximum Gasteiger partial charge on any atom is 0.0348 e. The van der Waals surface area contributed by atoms with Crippen molar-refractivity contribution >= 4 is 21.4 Å². The predicted octanol–water partition coefficient (Wildman–Crippen LogP) is 3.53. The summed E-state index contributed by atoms with van der Waals surface area (Å²) >= 11 is 2.00. The van der Waals surface area contributed by atoms with Crippen molar-refractivity contribution < 1.29 is 0 Å². The van der Waals surface area contributed by atoms with E-state index < -0.39 is 0 Å². The van der Waals surface area contributed by atoms with Gasteiger partial charge in [0.15, 0.2) is 0 Å². The molecule has 2 aliphatic carbocycles. The van der Waals surface area contributed by atoms with E-state index in [1.54, 1.807) is 10.4 Å². The van der Waals surface area contributed by atoms with Crippen LogP contribution in [0, 0.1) is 11.8 Å². The van der Waals surface area contributed by atoms with E-state index in [4.69, 9.17) is 5.73 Å². The van der Waals surface area contributed by atoms with Gasteiger partial charge in [-0.05, 0) is 54.7 Å². The van der Waals surface area contributed by atoms with E-state index in [1.807, 2.05) is 11.3 Å². The molecule has 2 aliphatic rings. The second-order valence-corrected chi connectivity index (χ2v) is 6.61. The third-order valence-electron chi connectivity index (χ3n) is 4.57. The first-order valence-corrected chi connectivity index (χ1v) is 7.40. The molecule has 1 nitrogen and oxygen atoms in total. The quantitative estimate of drug-likeness (QED) is 0.814. The van der Waals surface area contributed by atoms with Crippen LogP contribution in [0.3, 0.4) is 0 Å². The Morgan fingerprint density at radius 2 is 2.18 bits per heavy atom. The van der Waals surface area contributed by atoms with Gasteiger partial charge in [0, 0.05) is 15.5 Å². The van der Waals surface area contributed by atoms with Gasteiger partial charge >= 0.3 is 0 Å². The predicted molar refractivity (Wildman–Crippen MR) is 73.5 cm³/mol. The molecule has 0 saturated heterocycles. The molecule has 1 aromatic carbocycles. The topological polar surface area (TPSA) is 26.0 Å². The Hall–Kier alpha value is -0.860. The van der Waals surface area contributed by atoms with Crippen molar-refractivity contribution in [3.05, 3.63) is 34.7 Å². The molecule has 1 heterocycles. The van der Waals surface area contributed by atoms with Crippen LogP contribution < -0.4 is 5.73 Å². The fraction of sp³-hybridized carbons (Fsp3) is 0.467. The van der Waals surface area contributed by atoms with Gasteiger partial charge in [0.1, 0.15) is 0 Å². The van der Waals surface area contributed by atoms with Crippen LogP contribution in [-0.2, 0) is 6.42 Å². The van der Waals surface area contributed by atoms with Gasteiger partial charge in [-0.25, -0.2) is 0 Å². The third-order valence-corrected chi connectivity index (χ3v) is 5.82. The fourth-order valence-corrected chi connectivity index (χ4v) is 4.92. The fourth-order valence-electron chi connectivity index (χ4n) is 3.63. The molecule has 3 atom stereocenters. The first-order chi connectivity index (χ1) is 8.38. The van der Waals surface area contributed by atoms with Crippen LogP contribution in [0.15, 0.2) is 24.3 Å². The maximum absolute atomic E-state index is 6.06. The van der Waals surface area contributed by atoms with Crippen molar-refractivity contribution in [2.75, 3.05) is 6.54 Å². The van der Waals surface area contributed by atoms with Crippen LogP contribution >= 0.6 is 11.3 Å². The van der Waals surface area contributed by atoms with E-state index in [0.717, 1.165) is 18.4 Å². The summed E-state index contributed by atoms with van der Waals surface area (Å²) in [5, 5.41) is 1.48. The summed E-state index contributed by atoms with van der Waals surface area (Å²) in [6, 6.07) is 8.86. The van der Waals surface area contributed by atoms with Crippen LogP contribution in [-0.4, -0.2) is 6.54 Å². The summed E-state index contributed by atoms with van der Waals surface area (Å²) in [5.41, 5.74) is 7.67. The van der Waals surface area contributed by atoms with Crippen molar-refractivity contribution in [2.24, 2.45) is 17.6 Å². The Bertz CT molecular complexity index is 571. The molecule has 4 rings (SSSR count). The highest BCUT2D eigenvalue weighted by molar-refractivity contribution is 7.19. The summed E-state index contributed by atoms with van der Waals surface area (Å²) in [7, 11) is 0. The lowest BCUT2D eigenvalue weighted by Gasteiger charge is -2.14. The maximum atomic E-state index is 6.06. The van der Waals surface area contributed by atoms with Crippen molar-refractivity contribution in [1.29, 1.82) is 0 Å². The summed E-state index contributed by atoms with van der Waals surface area (Å²) in [4.78, 5) is 1.62. The first kappa shape index (κ1) is 10.1. The summed E-state index contributed by atoms with van der Waals surface area (Å²) < 4.78 is 1.45. The molecule has 0 radical (unpaired) electrons. The smallest absolute Gasteiger partial charge is 0.0348 e. The number of hydrogen-bond acceptors (Lipinski definition) is 2. The van der Waals surface area contributed by atoms with Crippen LogP contribution in [0.4, 0.5) is 0 Å². The Balaban J connectivity index is 1.96. The molecule has 1 fully saturated rings. The van der Waals surface area contributed by atoms with Gasteiger partial charge in [-0.3, -0.25) is 0 Å². The molecule has 0 aliphatic heterocycles. The molecular formula is C15H17NS. The number of rotatable bonds is 1. The zero-order chi connectivity index (χ0) is 11.4. The lowest BCUT2D eigenvalue weighted by molar-refractivity contribution is 0.570. The molecule has 88 valence electrons. The number of fused-ring (bicyclic) bond motifs is 4. The molecule has 2 N–H and O–H groups in total. The van der Waals surface area contributed by atoms with Gasteiger partial charge in [0.2, 0.25) is 0 Å². The van der Waals surface area contributed by atoms with Crippen molar-refractivity contribution in [3.8, 4) is 0 Å². The average molecular weight is 243 g/mol. The number of nitrogens with two attached hydrogens (primary N) is 1. The molecule has 0 spiro atoms. The van der Waals surface area contributed by atoms with Gasteiger partial charge in [-0.1, -0.05) is 18.2 Å².